The standard InChI is InChI=1S/C5H5.C4H9.Fe/c1-2-4-5-3-1;1-4(2)3;/h1-3H,4H2;1-3H3;/q2*-1;+2. The molecule has 1 aliphatic carbocycles. The van der Waals surface area contributed by atoms with E-state index in [9.17, 15) is 0 Å². The minimum Gasteiger partial charge on any atom is -0.323 e. The minimum atomic E-state index is 0. The van der Waals surface area contributed by atoms with Crippen LogP contribution < -0.4 is 0 Å². The van der Waals surface area contributed by atoms with Crippen molar-refractivity contribution in [1.29, 1.82) is 0 Å². The summed E-state index contributed by atoms with van der Waals surface area (Å²) in [6.45, 7) is 6.25. The monoisotopic (exact) mass is 178 g/mol. The third-order valence-corrected chi connectivity index (χ3v) is 0.586. The molecule has 0 atom stereocenters. The Bertz CT molecular complexity index is 88.5. The van der Waals surface area contributed by atoms with Crippen molar-refractivity contribution in [2.75, 3.05) is 0 Å². The fourth-order valence-electron chi connectivity index (χ4n) is 0.340. The summed E-state index contributed by atoms with van der Waals surface area (Å²) in [6.07, 6.45) is 10.0. The van der Waals surface area contributed by atoms with Gasteiger partial charge in [0.05, 0.1) is 0 Å². The van der Waals surface area contributed by atoms with Crippen molar-refractivity contribution in [3.8, 4) is 0 Å². The molecule has 0 unspecified atom stereocenters. The van der Waals surface area contributed by atoms with Crippen molar-refractivity contribution in [2.24, 2.45) is 0 Å². The van der Waals surface area contributed by atoms with Gasteiger partial charge in [0.15, 0.2) is 0 Å². The van der Waals surface area contributed by atoms with Gasteiger partial charge in [0.1, 0.15) is 0 Å². The number of allylic oxidation sites excluding steroid dienone is 4. The Hall–Kier alpha value is -0.000519. The van der Waals surface area contributed by atoms with E-state index in [1.807, 2.05) is 12.2 Å². The van der Waals surface area contributed by atoms with Crippen LogP contribution in [0.4, 0.5) is 0 Å². The summed E-state index contributed by atoms with van der Waals surface area (Å²) in [7, 11) is 0. The predicted molar refractivity (Wildman–Crippen MR) is 41.8 cm³/mol. The van der Waals surface area contributed by atoms with Crippen LogP contribution in [0.2, 0.25) is 0 Å². The molecule has 0 aromatic rings. The normalized spacial score (nSPS) is 12.4. The van der Waals surface area contributed by atoms with E-state index in [-0.39, 0.29) is 17.1 Å². The van der Waals surface area contributed by atoms with Gasteiger partial charge in [0.2, 0.25) is 0 Å². The molecule has 0 spiro atoms. The Morgan fingerprint density at radius 2 is 1.80 bits per heavy atom. The van der Waals surface area contributed by atoms with Crippen molar-refractivity contribution >= 4 is 0 Å². The summed E-state index contributed by atoms with van der Waals surface area (Å²) in [4.78, 5) is 0. The zero-order chi connectivity index (χ0) is 7.11. The Labute approximate surface area is 74.9 Å². The first-order valence-corrected chi connectivity index (χ1v) is 3.22. The Morgan fingerprint density at radius 3 is 1.90 bits per heavy atom. The van der Waals surface area contributed by atoms with Gasteiger partial charge in [-0.1, -0.05) is 0 Å². The van der Waals surface area contributed by atoms with Crippen molar-refractivity contribution in [2.45, 2.75) is 27.2 Å². The smallest absolute Gasteiger partial charge is 0.323 e. The molecule has 0 aromatic carbocycles. The fraction of sp³-hybridized carbons (Fsp3) is 0.444. The molecular weight excluding hydrogens is 164 g/mol. The third-order valence-electron chi connectivity index (χ3n) is 0.586. The van der Waals surface area contributed by atoms with Gasteiger partial charge >= 0.3 is 17.1 Å². The van der Waals surface area contributed by atoms with E-state index in [0.29, 0.717) is 0 Å². The first kappa shape index (κ1) is 12.7. The summed E-state index contributed by atoms with van der Waals surface area (Å²) in [6, 6.07) is 0. The van der Waals surface area contributed by atoms with Crippen LogP contribution in [0.1, 0.15) is 27.2 Å². The van der Waals surface area contributed by atoms with Crippen LogP contribution in [0.3, 0.4) is 0 Å². The van der Waals surface area contributed by atoms with E-state index < -0.39 is 0 Å². The van der Waals surface area contributed by atoms with Crippen molar-refractivity contribution in [1.82, 2.24) is 0 Å². The van der Waals surface area contributed by atoms with Gasteiger partial charge in [-0.3, -0.25) is 6.08 Å². The maximum Gasteiger partial charge on any atom is 2.00 e. The van der Waals surface area contributed by atoms with E-state index in [2.05, 4.69) is 32.9 Å². The average Bonchev–Trinajstić information content (AvgIpc) is 2.11. The van der Waals surface area contributed by atoms with Crippen molar-refractivity contribution < 1.29 is 17.1 Å². The molecule has 1 rings (SSSR count). The van der Waals surface area contributed by atoms with Crippen LogP contribution in [0.5, 0.6) is 0 Å². The van der Waals surface area contributed by atoms with Crippen molar-refractivity contribution in [3.63, 3.8) is 0 Å². The molecule has 0 radical (unpaired) electrons. The zero-order valence-electron chi connectivity index (χ0n) is 6.79. The van der Waals surface area contributed by atoms with Gasteiger partial charge in [-0.15, -0.1) is 6.42 Å². The Kier molecular flexibility index (Phi) is 11.4. The van der Waals surface area contributed by atoms with Crippen LogP contribution >= 0.6 is 0 Å². The van der Waals surface area contributed by atoms with Gasteiger partial charge in [-0.05, 0) is 0 Å². The van der Waals surface area contributed by atoms with Gasteiger partial charge in [-0.2, -0.15) is 26.8 Å². The third kappa shape index (κ3) is 15.7. The maximum absolute atomic E-state index is 2.99. The second kappa shape index (κ2) is 9.00. The van der Waals surface area contributed by atoms with Crippen LogP contribution in [0.15, 0.2) is 18.2 Å². The molecule has 10 heavy (non-hydrogen) atoms. The molecule has 1 heteroatoms. The summed E-state index contributed by atoms with van der Waals surface area (Å²) >= 11 is 0. The number of hydrogen-bond donors (Lipinski definition) is 0. The van der Waals surface area contributed by atoms with Crippen LogP contribution in [0, 0.1) is 12.0 Å². The molecule has 0 saturated heterocycles. The largest absolute Gasteiger partial charge is 2.00 e. The Morgan fingerprint density at radius 1 is 1.30 bits per heavy atom. The van der Waals surface area contributed by atoms with Crippen LogP contribution in [-0.4, -0.2) is 0 Å². The average molecular weight is 178 g/mol. The molecule has 0 fully saturated rings. The van der Waals surface area contributed by atoms with E-state index in [1.54, 1.807) is 0 Å². The van der Waals surface area contributed by atoms with E-state index in [4.69, 9.17) is 0 Å². The Balaban J connectivity index is 0. The first-order valence-electron chi connectivity index (χ1n) is 3.22. The summed E-state index contributed by atoms with van der Waals surface area (Å²) < 4.78 is 0. The quantitative estimate of drug-likeness (QED) is 0.395. The summed E-state index contributed by atoms with van der Waals surface area (Å²) in [5.41, 5.74) is 0. The fourth-order valence-corrected chi connectivity index (χ4v) is 0.340. The molecule has 0 bridgehead atoms. The van der Waals surface area contributed by atoms with Gasteiger partial charge in [-0.25, -0.2) is 12.2 Å². The number of hydrogen-bond acceptors (Lipinski definition) is 0. The topological polar surface area (TPSA) is 0 Å². The van der Waals surface area contributed by atoms with E-state index in [0.717, 1.165) is 6.42 Å². The molecule has 1 aliphatic rings. The molecule has 0 nitrogen and oxygen atoms in total. The van der Waals surface area contributed by atoms with Crippen LogP contribution in [-0.2, 0) is 17.1 Å². The molecule has 0 aliphatic heterocycles. The van der Waals surface area contributed by atoms with E-state index >= 15 is 0 Å². The summed E-state index contributed by atoms with van der Waals surface area (Å²) in [5, 5.41) is 0. The van der Waals surface area contributed by atoms with Crippen LogP contribution in [0.25, 0.3) is 0 Å². The van der Waals surface area contributed by atoms with Crippen molar-refractivity contribution in [3.05, 3.63) is 30.2 Å². The summed E-state index contributed by atoms with van der Waals surface area (Å²) in [5.74, 6) is 1.42. The second-order valence-corrected chi connectivity index (χ2v) is 2.50. The molecular formula is C9H14Fe. The SMILES string of the molecule is C[C-](C)C.[C-]1=CC=CC1.[Fe+2]. The predicted octanol–water partition coefficient (Wildman–Crippen LogP) is 2.92. The molecule has 0 saturated carbocycles. The molecule has 0 amide bonds. The molecule has 0 N–H and O–H groups in total. The van der Waals surface area contributed by atoms with Gasteiger partial charge in [0.25, 0.3) is 0 Å². The minimum absolute atomic E-state index is 0. The molecule has 58 valence electrons. The second-order valence-electron chi connectivity index (χ2n) is 2.50. The van der Waals surface area contributed by atoms with Gasteiger partial charge in [0, 0.05) is 0 Å². The molecule has 0 aromatic heterocycles. The van der Waals surface area contributed by atoms with E-state index in [1.165, 1.54) is 5.92 Å². The molecule has 0 heterocycles. The first-order chi connectivity index (χ1) is 4.23. The van der Waals surface area contributed by atoms with Gasteiger partial charge < -0.3 is 5.92 Å². The zero-order valence-corrected chi connectivity index (χ0v) is 7.90. The maximum atomic E-state index is 2.99. The number of rotatable bonds is 0.